The first kappa shape index (κ1) is 26.2. The van der Waals surface area contributed by atoms with E-state index in [-0.39, 0.29) is 35.6 Å². The second-order valence-electron chi connectivity index (χ2n) is 7.78. The van der Waals surface area contributed by atoms with Gasteiger partial charge in [0.05, 0.1) is 19.8 Å². The number of guanidine groups is 1. The summed E-state index contributed by atoms with van der Waals surface area (Å²) >= 11 is 0. The molecule has 176 valence electrons. The summed E-state index contributed by atoms with van der Waals surface area (Å²) in [7, 11) is 0. The van der Waals surface area contributed by atoms with Gasteiger partial charge in [0.15, 0.2) is 5.96 Å². The number of hydrogen-bond donors (Lipinski definition) is 2. The van der Waals surface area contributed by atoms with E-state index in [1.54, 1.807) is 16.7 Å². The maximum absolute atomic E-state index is 11.8. The second kappa shape index (κ2) is 14.2. The van der Waals surface area contributed by atoms with Gasteiger partial charge in [0.1, 0.15) is 11.9 Å². The van der Waals surface area contributed by atoms with Crippen molar-refractivity contribution in [2.24, 2.45) is 4.99 Å². The quantitative estimate of drug-likeness (QED) is 0.204. The zero-order valence-corrected chi connectivity index (χ0v) is 21.3. The Labute approximate surface area is 207 Å². The Balaban J connectivity index is 0.00000363. The first-order valence-corrected chi connectivity index (χ1v) is 11.2. The summed E-state index contributed by atoms with van der Waals surface area (Å²) in [6.07, 6.45) is 4.76. The van der Waals surface area contributed by atoms with E-state index in [2.05, 4.69) is 42.7 Å². The molecule has 0 saturated carbocycles. The van der Waals surface area contributed by atoms with E-state index in [0.29, 0.717) is 13.2 Å². The molecular weight excluding hydrogens is 519 g/mol. The normalized spacial score (nSPS) is 15.8. The van der Waals surface area contributed by atoms with Crippen LogP contribution in [0.1, 0.15) is 37.3 Å². The van der Waals surface area contributed by atoms with Gasteiger partial charge in [0, 0.05) is 43.9 Å². The van der Waals surface area contributed by atoms with Crippen LogP contribution < -0.4 is 20.9 Å². The minimum absolute atomic E-state index is 0. The van der Waals surface area contributed by atoms with E-state index in [4.69, 9.17) is 14.5 Å². The van der Waals surface area contributed by atoms with Gasteiger partial charge in [-0.3, -0.25) is 4.79 Å². The van der Waals surface area contributed by atoms with Crippen LogP contribution >= 0.6 is 24.0 Å². The summed E-state index contributed by atoms with van der Waals surface area (Å²) in [6, 6.07) is 11.5. The van der Waals surface area contributed by atoms with Gasteiger partial charge in [0.2, 0.25) is 5.56 Å². The third-order valence-corrected chi connectivity index (χ3v) is 5.17. The third kappa shape index (κ3) is 8.46. The van der Waals surface area contributed by atoms with Crippen LogP contribution in [0.2, 0.25) is 0 Å². The smallest absolute Gasteiger partial charge is 0.250 e. The van der Waals surface area contributed by atoms with Crippen LogP contribution in [0.5, 0.6) is 5.75 Å². The van der Waals surface area contributed by atoms with Crippen LogP contribution in [-0.2, 0) is 17.8 Å². The lowest BCUT2D eigenvalue weighted by Gasteiger charge is -2.16. The third-order valence-electron chi connectivity index (χ3n) is 5.17. The molecule has 2 aromatic rings. The lowest BCUT2D eigenvalue weighted by Crippen LogP contribution is -2.37. The molecule has 0 spiro atoms. The van der Waals surface area contributed by atoms with Gasteiger partial charge in [-0.1, -0.05) is 18.2 Å². The van der Waals surface area contributed by atoms with E-state index in [1.165, 1.54) is 5.56 Å². The van der Waals surface area contributed by atoms with Crippen LogP contribution in [0, 0.1) is 6.92 Å². The van der Waals surface area contributed by atoms with E-state index >= 15 is 0 Å². The standard InChI is InChI=1S/C24H34N4O3.HI/c1-3-25-24(26-12-5-7-14-28-13-6-4-8-23(28)29)27-17-20-10-9-19(2)16-22(20)31-21-11-15-30-18-21;/h4,6,8-10,13,16,21H,3,5,7,11-12,14-15,17-18H2,1-2H3,(H2,25,26,27);1H. The van der Waals surface area contributed by atoms with Gasteiger partial charge < -0.3 is 24.7 Å². The van der Waals surface area contributed by atoms with Gasteiger partial charge in [-0.05, 0) is 44.4 Å². The summed E-state index contributed by atoms with van der Waals surface area (Å²) in [5.41, 5.74) is 2.29. The van der Waals surface area contributed by atoms with Crippen LogP contribution in [0.15, 0.2) is 52.4 Å². The zero-order chi connectivity index (χ0) is 21.9. The van der Waals surface area contributed by atoms with Crippen molar-refractivity contribution in [3.05, 3.63) is 64.1 Å². The first-order chi connectivity index (χ1) is 15.2. The molecule has 0 aliphatic carbocycles. The predicted octanol–water partition coefficient (Wildman–Crippen LogP) is 3.48. The number of nitrogens with one attached hydrogen (secondary N) is 2. The fraction of sp³-hybridized carbons (Fsp3) is 0.500. The Morgan fingerprint density at radius 2 is 2.12 bits per heavy atom. The molecule has 0 radical (unpaired) electrons. The second-order valence-corrected chi connectivity index (χ2v) is 7.78. The average molecular weight is 554 g/mol. The zero-order valence-electron chi connectivity index (χ0n) is 19.0. The molecular formula is C24H35IN4O3. The van der Waals surface area contributed by atoms with Crippen LogP contribution in [0.4, 0.5) is 0 Å². The van der Waals surface area contributed by atoms with Crippen molar-refractivity contribution in [3.63, 3.8) is 0 Å². The number of aryl methyl sites for hydroxylation is 2. The minimum Gasteiger partial charge on any atom is -0.488 e. The number of benzene rings is 1. The largest absolute Gasteiger partial charge is 0.488 e. The molecule has 1 aromatic heterocycles. The van der Waals surface area contributed by atoms with Crippen molar-refractivity contribution >= 4 is 29.9 Å². The lowest BCUT2D eigenvalue weighted by atomic mass is 10.1. The molecule has 1 aliphatic heterocycles. The maximum Gasteiger partial charge on any atom is 0.250 e. The Kier molecular flexibility index (Phi) is 11.6. The molecule has 1 atom stereocenters. The number of hydrogen-bond acceptors (Lipinski definition) is 4. The molecule has 1 aliphatic rings. The van der Waals surface area contributed by atoms with Crippen LogP contribution in [-0.4, -0.2) is 42.9 Å². The monoisotopic (exact) mass is 554 g/mol. The minimum atomic E-state index is 0. The summed E-state index contributed by atoms with van der Waals surface area (Å²) in [4.78, 5) is 16.5. The Morgan fingerprint density at radius 3 is 2.88 bits per heavy atom. The lowest BCUT2D eigenvalue weighted by molar-refractivity contribution is 0.140. The molecule has 1 fully saturated rings. The molecule has 32 heavy (non-hydrogen) atoms. The SMILES string of the molecule is CCNC(=NCc1ccc(C)cc1OC1CCOC1)NCCCCn1ccccc1=O.I. The number of halogens is 1. The number of rotatable bonds is 10. The Hall–Kier alpha value is -2.07. The van der Waals surface area contributed by atoms with Crippen LogP contribution in [0.3, 0.4) is 0 Å². The molecule has 1 unspecified atom stereocenters. The van der Waals surface area contributed by atoms with Gasteiger partial charge in [-0.2, -0.15) is 0 Å². The highest BCUT2D eigenvalue weighted by Crippen LogP contribution is 2.24. The summed E-state index contributed by atoms with van der Waals surface area (Å²) in [5, 5.41) is 6.68. The molecule has 0 amide bonds. The highest BCUT2D eigenvalue weighted by Gasteiger charge is 2.18. The Morgan fingerprint density at radius 1 is 1.25 bits per heavy atom. The number of ether oxygens (including phenoxy) is 2. The summed E-state index contributed by atoms with van der Waals surface area (Å²) < 4.78 is 13.4. The van der Waals surface area contributed by atoms with E-state index in [9.17, 15) is 4.79 Å². The molecule has 2 N–H and O–H groups in total. The Bertz CT molecular complexity index is 910. The summed E-state index contributed by atoms with van der Waals surface area (Å²) in [5.74, 6) is 1.68. The predicted molar refractivity (Wildman–Crippen MR) is 139 cm³/mol. The van der Waals surface area contributed by atoms with Crippen molar-refractivity contribution in [3.8, 4) is 5.75 Å². The highest BCUT2D eigenvalue weighted by molar-refractivity contribution is 14.0. The van der Waals surface area contributed by atoms with E-state index in [0.717, 1.165) is 62.8 Å². The van der Waals surface area contributed by atoms with Crippen molar-refractivity contribution in [1.29, 1.82) is 0 Å². The highest BCUT2D eigenvalue weighted by atomic mass is 127. The number of nitrogens with zero attached hydrogens (tertiary/aromatic N) is 2. The molecule has 1 saturated heterocycles. The number of unbranched alkanes of at least 4 members (excludes halogenated alkanes) is 1. The number of pyridine rings is 1. The van der Waals surface area contributed by atoms with Crippen LogP contribution in [0.25, 0.3) is 0 Å². The van der Waals surface area contributed by atoms with Gasteiger partial charge >= 0.3 is 0 Å². The molecule has 0 bridgehead atoms. The van der Waals surface area contributed by atoms with Gasteiger partial charge in [-0.15, -0.1) is 24.0 Å². The fourth-order valence-corrected chi connectivity index (χ4v) is 3.45. The first-order valence-electron chi connectivity index (χ1n) is 11.2. The molecule has 1 aromatic carbocycles. The molecule has 8 heteroatoms. The molecule has 2 heterocycles. The molecule has 7 nitrogen and oxygen atoms in total. The van der Waals surface area contributed by atoms with Crippen molar-refractivity contribution < 1.29 is 9.47 Å². The van der Waals surface area contributed by atoms with Gasteiger partial charge in [0.25, 0.3) is 0 Å². The number of aromatic nitrogens is 1. The van der Waals surface area contributed by atoms with E-state index < -0.39 is 0 Å². The average Bonchev–Trinajstić information content (AvgIpc) is 3.27. The maximum atomic E-state index is 11.8. The van der Waals surface area contributed by atoms with Crippen molar-refractivity contribution in [2.45, 2.75) is 52.3 Å². The molecule has 3 rings (SSSR count). The fourth-order valence-electron chi connectivity index (χ4n) is 3.45. The van der Waals surface area contributed by atoms with Gasteiger partial charge in [-0.25, -0.2) is 4.99 Å². The number of aliphatic imine (C=N–C) groups is 1. The van der Waals surface area contributed by atoms with Crippen molar-refractivity contribution in [1.82, 2.24) is 15.2 Å². The topological polar surface area (TPSA) is 76.9 Å². The van der Waals surface area contributed by atoms with Crippen molar-refractivity contribution in [2.75, 3.05) is 26.3 Å². The van der Waals surface area contributed by atoms with E-state index in [1.807, 2.05) is 12.3 Å². The summed E-state index contributed by atoms with van der Waals surface area (Å²) in [6.45, 7) is 8.39.